The summed E-state index contributed by atoms with van der Waals surface area (Å²) in [5.41, 5.74) is 3.94. The number of hydrogen-bond donors (Lipinski definition) is 3. The number of carbonyl (C=O) groups excluding carboxylic acids is 3. The number of ether oxygens (including phenoxy) is 1. The van der Waals surface area contributed by atoms with Crippen LogP contribution < -0.4 is 15.4 Å². The molecule has 3 amide bonds. The second kappa shape index (κ2) is 12.9. The van der Waals surface area contributed by atoms with Gasteiger partial charge in [0, 0.05) is 36.9 Å². The van der Waals surface area contributed by atoms with Gasteiger partial charge in [-0.1, -0.05) is 32.9 Å². The summed E-state index contributed by atoms with van der Waals surface area (Å²) in [6.07, 6.45) is 1.64. The number of hydrogen-bond acceptors (Lipinski definition) is 7. The second-order valence-electron chi connectivity index (χ2n) is 11.7. The molecule has 0 bridgehead atoms. The predicted molar refractivity (Wildman–Crippen MR) is 155 cm³/mol. The summed E-state index contributed by atoms with van der Waals surface area (Å²) in [5.74, 6) is 0.226. The van der Waals surface area contributed by atoms with Crippen LogP contribution in [0.15, 0.2) is 23.7 Å². The summed E-state index contributed by atoms with van der Waals surface area (Å²) in [7, 11) is 0. The van der Waals surface area contributed by atoms with Gasteiger partial charge in [0.15, 0.2) is 0 Å². The fourth-order valence-electron chi connectivity index (χ4n) is 4.82. The predicted octanol–water partition coefficient (Wildman–Crippen LogP) is 3.65. The third-order valence-electron chi connectivity index (χ3n) is 7.28. The van der Waals surface area contributed by atoms with Crippen molar-refractivity contribution in [2.75, 3.05) is 19.0 Å². The van der Waals surface area contributed by atoms with Gasteiger partial charge in [-0.3, -0.25) is 14.4 Å². The zero-order valence-electron chi connectivity index (χ0n) is 23.5. The zero-order valence-corrected chi connectivity index (χ0v) is 25.1. The third kappa shape index (κ3) is 7.33. The number of aromatic nitrogens is 1. The Morgan fingerprint density at radius 3 is 2.62 bits per heavy atom. The first kappa shape index (κ1) is 30.3. The molecule has 1 aromatic heterocycles. The summed E-state index contributed by atoms with van der Waals surface area (Å²) < 4.78 is 6.02. The molecule has 11 heteroatoms. The molecule has 2 fully saturated rings. The minimum Gasteiger partial charge on any atom is -0.493 e. The highest BCUT2D eigenvalue weighted by Gasteiger charge is 2.45. The average molecular weight is 591 g/mol. The quantitative estimate of drug-likeness (QED) is 0.271. The topological polar surface area (TPSA) is 121 Å². The summed E-state index contributed by atoms with van der Waals surface area (Å²) in [6, 6.07) is 4.19. The molecular weight excluding hydrogens is 552 g/mol. The van der Waals surface area contributed by atoms with E-state index in [9.17, 15) is 19.5 Å². The molecule has 1 saturated carbocycles. The molecule has 4 rings (SSSR count). The molecule has 1 aromatic carbocycles. The van der Waals surface area contributed by atoms with Gasteiger partial charge in [-0.25, -0.2) is 4.98 Å². The number of aryl methyl sites for hydroxylation is 1. The number of aliphatic hydroxyl groups excluding tert-OH is 1. The smallest absolute Gasteiger partial charge is 0.246 e. The number of alkyl halides is 1. The standard InChI is InChI=1S/C29H39ClN4O5S/c1-17-24(40-16-32-17)19-8-9-20(23(12-19)39-11-5-10-30)14-31-27(37)22-13-21(35)15-34(22)28(38)25(29(2,3)4)33-26(36)18-6-7-18/h8-9,12,16,18,21-22,25,35H,5-7,10-11,13-15H2,1-4H3,(H,31,37)(H,33,36)/t21-,22+,25-/m1/s1. The molecule has 1 aliphatic carbocycles. The number of nitrogens with zero attached hydrogens (tertiary/aromatic N) is 2. The fourth-order valence-corrected chi connectivity index (χ4v) is 5.73. The molecule has 3 atom stereocenters. The van der Waals surface area contributed by atoms with E-state index < -0.39 is 23.6 Å². The second-order valence-corrected chi connectivity index (χ2v) is 12.9. The molecule has 1 aliphatic heterocycles. The van der Waals surface area contributed by atoms with Gasteiger partial charge >= 0.3 is 0 Å². The van der Waals surface area contributed by atoms with Crippen LogP contribution in [0.1, 0.15) is 57.7 Å². The number of thiazole rings is 1. The average Bonchev–Trinajstić information content (AvgIpc) is 3.56. The summed E-state index contributed by atoms with van der Waals surface area (Å²) in [5, 5.41) is 16.3. The maximum atomic E-state index is 13.7. The highest BCUT2D eigenvalue weighted by Crippen LogP contribution is 2.33. The molecule has 0 radical (unpaired) electrons. The first-order valence-electron chi connectivity index (χ1n) is 13.8. The van der Waals surface area contributed by atoms with Gasteiger partial charge in [-0.05, 0) is 43.2 Å². The molecule has 218 valence electrons. The van der Waals surface area contributed by atoms with E-state index in [0.717, 1.165) is 34.5 Å². The van der Waals surface area contributed by atoms with Crippen LogP contribution >= 0.6 is 22.9 Å². The van der Waals surface area contributed by atoms with E-state index in [1.54, 1.807) is 16.8 Å². The minimum absolute atomic E-state index is 0.0402. The van der Waals surface area contributed by atoms with E-state index in [1.165, 1.54) is 4.90 Å². The molecule has 2 aliphatic rings. The summed E-state index contributed by atoms with van der Waals surface area (Å²) in [4.78, 5) is 46.4. The van der Waals surface area contributed by atoms with Crippen molar-refractivity contribution in [1.29, 1.82) is 0 Å². The Balaban J connectivity index is 1.48. The van der Waals surface area contributed by atoms with Crippen LogP contribution in [0, 0.1) is 18.3 Å². The number of rotatable bonds is 11. The van der Waals surface area contributed by atoms with Crippen LogP contribution in [0.2, 0.25) is 0 Å². The van der Waals surface area contributed by atoms with Gasteiger partial charge < -0.3 is 25.4 Å². The van der Waals surface area contributed by atoms with Crippen molar-refractivity contribution in [3.8, 4) is 16.2 Å². The lowest BCUT2D eigenvalue weighted by molar-refractivity contribution is -0.144. The number of carbonyl (C=O) groups is 3. The van der Waals surface area contributed by atoms with Crippen LogP contribution in [-0.2, 0) is 20.9 Å². The van der Waals surface area contributed by atoms with E-state index >= 15 is 0 Å². The number of benzene rings is 1. The minimum atomic E-state index is -0.843. The molecular formula is C29H39ClN4O5S. The van der Waals surface area contributed by atoms with Crippen molar-refractivity contribution in [3.63, 3.8) is 0 Å². The molecule has 40 heavy (non-hydrogen) atoms. The van der Waals surface area contributed by atoms with Gasteiger partial charge in [0.05, 0.1) is 28.8 Å². The Bertz CT molecular complexity index is 1230. The van der Waals surface area contributed by atoms with Crippen molar-refractivity contribution in [1.82, 2.24) is 20.5 Å². The Morgan fingerprint density at radius 1 is 1.25 bits per heavy atom. The first-order valence-corrected chi connectivity index (χ1v) is 15.2. The van der Waals surface area contributed by atoms with E-state index in [0.29, 0.717) is 24.7 Å². The normalized spacial score (nSPS) is 19.8. The maximum absolute atomic E-state index is 13.7. The van der Waals surface area contributed by atoms with Crippen molar-refractivity contribution < 1.29 is 24.2 Å². The lowest BCUT2D eigenvalue weighted by atomic mass is 9.85. The number of aliphatic hydroxyl groups is 1. The monoisotopic (exact) mass is 590 g/mol. The highest BCUT2D eigenvalue weighted by atomic mass is 35.5. The highest BCUT2D eigenvalue weighted by molar-refractivity contribution is 7.13. The lowest BCUT2D eigenvalue weighted by Gasteiger charge is -2.35. The van der Waals surface area contributed by atoms with Crippen LogP contribution in [0.5, 0.6) is 5.75 Å². The fraction of sp³-hybridized carbons (Fsp3) is 0.586. The van der Waals surface area contributed by atoms with Gasteiger partial charge in [-0.15, -0.1) is 22.9 Å². The molecule has 1 saturated heterocycles. The lowest BCUT2D eigenvalue weighted by Crippen LogP contribution is -2.58. The summed E-state index contributed by atoms with van der Waals surface area (Å²) in [6.45, 7) is 8.27. The third-order valence-corrected chi connectivity index (χ3v) is 8.52. The first-order chi connectivity index (χ1) is 19.0. The van der Waals surface area contributed by atoms with Gasteiger partial charge in [0.2, 0.25) is 17.7 Å². The van der Waals surface area contributed by atoms with Crippen molar-refractivity contribution in [2.45, 2.75) is 78.1 Å². The number of likely N-dealkylation sites (tertiary alicyclic amines) is 1. The molecule has 0 unspecified atom stereocenters. The van der Waals surface area contributed by atoms with E-state index in [-0.39, 0.29) is 43.1 Å². The molecule has 3 N–H and O–H groups in total. The Labute approximate surface area is 244 Å². The molecule has 2 heterocycles. The maximum Gasteiger partial charge on any atom is 0.246 e. The van der Waals surface area contributed by atoms with E-state index in [4.69, 9.17) is 16.3 Å². The molecule has 2 aromatic rings. The van der Waals surface area contributed by atoms with Crippen LogP contribution in [0.3, 0.4) is 0 Å². The molecule has 9 nitrogen and oxygen atoms in total. The Hall–Kier alpha value is -2.69. The number of nitrogens with one attached hydrogen (secondary N) is 2. The van der Waals surface area contributed by atoms with E-state index in [2.05, 4.69) is 15.6 Å². The van der Waals surface area contributed by atoms with Gasteiger partial charge in [0.25, 0.3) is 0 Å². The number of β-amino-alcohol motifs (C(OH)–C–C–N with tert-alkyl or cyclic N) is 1. The van der Waals surface area contributed by atoms with Crippen molar-refractivity contribution in [3.05, 3.63) is 35.0 Å². The number of halogens is 1. The van der Waals surface area contributed by atoms with Crippen molar-refractivity contribution >= 4 is 40.7 Å². The molecule has 0 spiro atoms. The SMILES string of the molecule is Cc1ncsc1-c1ccc(CNC(=O)[C@@H]2C[C@@H](O)CN2C(=O)[C@@H](NC(=O)C2CC2)C(C)(C)C)c(OCCCCl)c1. The Kier molecular flexibility index (Phi) is 9.74. The van der Waals surface area contributed by atoms with Gasteiger partial charge in [0.1, 0.15) is 17.8 Å². The van der Waals surface area contributed by atoms with Crippen molar-refractivity contribution in [2.24, 2.45) is 11.3 Å². The Morgan fingerprint density at radius 2 is 2.00 bits per heavy atom. The van der Waals surface area contributed by atoms with E-state index in [1.807, 2.05) is 45.9 Å². The largest absolute Gasteiger partial charge is 0.493 e. The zero-order chi connectivity index (χ0) is 29.0. The van der Waals surface area contributed by atoms with Crippen LogP contribution in [-0.4, -0.2) is 69.9 Å². The van der Waals surface area contributed by atoms with Crippen LogP contribution in [0.25, 0.3) is 10.4 Å². The summed E-state index contributed by atoms with van der Waals surface area (Å²) >= 11 is 7.40. The van der Waals surface area contributed by atoms with Crippen LogP contribution in [0.4, 0.5) is 0 Å². The van der Waals surface area contributed by atoms with Gasteiger partial charge in [-0.2, -0.15) is 0 Å². The number of amides is 3.